The second-order valence-electron chi connectivity index (χ2n) is 10.4. The lowest BCUT2D eigenvalue weighted by Crippen LogP contribution is -2.30. The van der Waals surface area contributed by atoms with Gasteiger partial charge in [-0.3, -0.25) is 14.4 Å². The van der Waals surface area contributed by atoms with Crippen LogP contribution in [0.2, 0.25) is 0 Å². The number of thioether (sulfide) groups is 1. The number of carbonyl (C=O) groups excluding carboxylic acids is 3. The number of carbonyl (C=O) groups is 3. The molecule has 8 heteroatoms. The second-order valence-corrected chi connectivity index (χ2v) is 11.8. The first-order valence-electron chi connectivity index (χ1n) is 13.9. The molecule has 0 heterocycles. The van der Waals surface area contributed by atoms with Gasteiger partial charge in [-0.2, -0.15) is 0 Å². The van der Waals surface area contributed by atoms with Crippen LogP contribution >= 0.6 is 11.8 Å². The average Bonchev–Trinajstić information content (AvgIpc) is 2.99. The lowest BCUT2D eigenvalue weighted by Gasteiger charge is -2.15. The molecule has 0 fully saturated rings. The van der Waals surface area contributed by atoms with Crippen molar-refractivity contribution in [3.63, 3.8) is 0 Å². The van der Waals surface area contributed by atoms with Gasteiger partial charge in [0.25, 0.3) is 11.8 Å². The van der Waals surface area contributed by atoms with E-state index in [1.165, 1.54) is 17.3 Å². The number of rotatable bonds is 10. The van der Waals surface area contributed by atoms with Crippen LogP contribution in [0.5, 0.6) is 0 Å². The highest BCUT2D eigenvalue weighted by atomic mass is 32.2. The van der Waals surface area contributed by atoms with Crippen molar-refractivity contribution < 1.29 is 14.4 Å². The molecule has 0 aliphatic heterocycles. The summed E-state index contributed by atoms with van der Waals surface area (Å²) in [5.41, 5.74) is 5.90. The van der Waals surface area contributed by atoms with E-state index in [9.17, 15) is 14.4 Å². The van der Waals surface area contributed by atoms with Gasteiger partial charge in [-0.1, -0.05) is 42.5 Å². The third-order valence-corrected chi connectivity index (χ3v) is 7.89. The fourth-order valence-electron chi connectivity index (χ4n) is 4.14. The first-order chi connectivity index (χ1) is 20.6. The van der Waals surface area contributed by atoms with Crippen molar-refractivity contribution in [1.29, 1.82) is 0 Å². The molecule has 1 atom stereocenters. The van der Waals surface area contributed by atoms with Gasteiger partial charge >= 0.3 is 0 Å². The molecule has 0 radical (unpaired) electrons. The Kier molecular flexibility index (Phi) is 10.4. The van der Waals surface area contributed by atoms with Crippen molar-refractivity contribution in [1.82, 2.24) is 5.32 Å². The third-order valence-electron chi connectivity index (χ3n) is 6.80. The first-order valence-corrected chi connectivity index (χ1v) is 14.8. The highest BCUT2D eigenvalue weighted by Gasteiger charge is 2.18. The van der Waals surface area contributed by atoms with Crippen LogP contribution in [0.3, 0.4) is 0 Å². The number of hydrogen-bond acceptors (Lipinski definition) is 5. The summed E-state index contributed by atoms with van der Waals surface area (Å²) >= 11 is 1.39. The minimum Gasteiger partial charge on any atom is -0.378 e. The molecular weight excluding hydrogens is 556 g/mol. The fraction of sp³-hybridized carbons (Fsp3) is 0.171. The molecule has 4 aromatic carbocycles. The van der Waals surface area contributed by atoms with Crippen molar-refractivity contribution in [2.75, 3.05) is 29.6 Å². The van der Waals surface area contributed by atoms with Gasteiger partial charge in [0.2, 0.25) is 5.91 Å². The Morgan fingerprint density at radius 1 is 0.767 bits per heavy atom. The van der Waals surface area contributed by atoms with Crippen molar-refractivity contribution in [2.45, 2.75) is 30.9 Å². The van der Waals surface area contributed by atoms with Crippen LogP contribution in [-0.2, 0) is 9.59 Å². The van der Waals surface area contributed by atoms with E-state index < -0.39 is 5.91 Å². The van der Waals surface area contributed by atoms with Crippen LogP contribution in [-0.4, -0.2) is 37.1 Å². The summed E-state index contributed by atoms with van der Waals surface area (Å²) in [6.45, 7) is 5.88. The Bertz CT molecular complexity index is 1630. The molecule has 220 valence electrons. The summed E-state index contributed by atoms with van der Waals surface area (Å²) in [4.78, 5) is 42.1. The summed E-state index contributed by atoms with van der Waals surface area (Å²) in [5, 5.41) is 8.27. The van der Waals surface area contributed by atoms with Gasteiger partial charge in [-0.15, -0.1) is 11.8 Å². The summed E-state index contributed by atoms with van der Waals surface area (Å²) in [7, 11) is 3.91. The van der Waals surface area contributed by atoms with E-state index in [1.807, 2.05) is 106 Å². The predicted molar refractivity (Wildman–Crippen MR) is 178 cm³/mol. The maximum atomic E-state index is 13.5. The van der Waals surface area contributed by atoms with E-state index in [0.717, 1.165) is 27.4 Å². The number of amides is 3. The lowest BCUT2D eigenvalue weighted by molar-refractivity contribution is -0.115. The summed E-state index contributed by atoms with van der Waals surface area (Å²) in [6.07, 6.45) is 1.65. The van der Waals surface area contributed by atoms with Gasteiger partial charge in [0.05, 0.1) is 5.25 Å². The van der Waals surface area contributed by atoms with Crippen LogP contribution < -0.4 is 20.9 Å². The normalized spacial score (nSPS) is 11.8. The molecule has 0 aliphatic carbocycles. The molecule has 1 unspecified atom stereocenters. The Hall–Kier alpha value is -4.82. The van der Waals surface area contributed by atoms with Crippen LogP contribution in [0, 0.1) is 13.8 Å². The van der Waals surface area contributed by atoms with E-state index in [1.54, 1.807) is 36.4 Å². The van der Waals surface area contributed by atoms with Crippen LogP contribution in [0.25, 0.3) is 6.08 Å². The average molecular weight is 593 g/mol. The van der Waals surface area contributed by atoms with Crippen LogP contribution in [0.15, 0.2) is 108 Å². The Balaban J connectivity index is 1.49. The Labute approximate surface area is 257 Å². The zero-order valence-corrected chi connectivity index (χ0v) is 25.8. The minimum atomic E-state index is -0.469. The van der Waals surface area contributed by atoms with Gasteiger partial charge in [0.15, 0.2) is 0 Å². The zero-order chi connectivity index (χ0) is 30.9. The second kappa shape index (κ2) is 14.4. The largest absolute Gasteiger partial charge is 0.378 e. The SMILES string of the molecule is Cc1ccc(NC(=O)C(C)Sc2cccc(NC(=O)/C(=C\c3ccc(N(C)C)cc3)NC(=O)c3ccccc3)c2)cc1C. The minimum absolute atomic E-state index is 0.102. The quantitative estimate of drug-likeness (QED) is 0.138. The molecule has 4 rings (SSSR count). The zero-order valence-electron chi connectivity index (χ0n) is 25.0. The predicted octanol–water partition coefficient (Wildman–Crippen LogP) is 6.90. The van der Waals surface area contributed by atoms with Crippen LogP contribution in [0.1, 0.15) is 34.0 Å². The topological polar surface area (TPSA) is 90.5 Å². The fourth-order valence-corrected chi connectivity index (χ4v) is 5.07. The number of hydrogen-bond donors (Lipinski definition) is 3. The monoisotopic (exact) mass is 592 g/mol. The number of anilines is 3. The number of nitrogens with one attached hydrogen (secondary N) is 3. The number of nitrogens with zero attached hydrogens (tertiary/aromatic N) is 1. The Morgan fingerprint density at radius 3 is 2.14 bits per heavy atom. The van der Waals surface area contributed by atoms with E-state index in [-0.39, 0.29) is 22.8 Å². The van der Waals surface area contributed by atoms with E-state index in [4.69, 9.17) is 0 Å². The van der Waals surface area contributed by atoms with E-state index in [0.29, 0.717) is 11.3 Å². The highest BCUT2D eigenvalue weighted by molar-refractivity contribution is 8.00. The molecule has 7 nitrogen and oxygen atoms in total. The van der Waals surface area contributed by atoms with Crippen molar-refractivity contribution >= 4 is 52.6 Å². The smallest absolute Gasteiger partial charge is 0.272 e. The molecule has 0 saturated carbocycles. The maximum absolute atomic E-state index is 13.5. The summed E-state index contributed by atoms with van der Waals surface area (Å²) in [5.74, 6) is -0.972. The van der Waals surface area contributed by atoms with Crippen molar-refractivity contribution in [3.8, 4) is 0 Å². The van der Waals surface area contributed by atoms with E-state index in [2.05, 4.69) is 16.0 Å². The Morgan fingerprint density at radius 2 is 1.47 bits per heavy atom. The lowest BCUT2D eigenvalue weighted by atomic mass is 10.1. The van der Waals surface area contributed by atoms with Crippen molar-refractivity contribution in [2.24, 2.45) is 0 Å². The maximum Gasteiger partial charge on any atom is 0.272 e. The van der Waals surface area contributed by atoms with Crippen molar-refractivity contribution in [3.05, 3.63) is 125 Å². The van der Waals surface area contributed by atoms with Gasteiger partial charge < -0.3 is 20.9 Å². The molecule has 43 heavy (non-hydrogen) atoms. The van der Waals surface area contributed by atoms with Gasteiger partial charge in [-0.05, 0) is 98.1 Å². The molecule has 4 aromatic rings. The first kappa shape index (κ1) is 31.1. The van der Waals surface area contributed by atoms with Gasteiger partial charge in [0.1, 0.15) is 5.70 Å². The molecule has 0 aliphatic rings. The number of benzene rings is 4. The van der Waals surface area contributed by atoms with Crippen LogP contribution in [0.4, 0.5) is 17.1 Å². The number of aryl methyl sites for hydroxylation is 2. The standard InChI is InChI=1S/C35H36N4O3S/c1-23-14-17-29(20-24(23)2)36-33(40)25(3)43-31-13-9-12-28(22-31)37-35(42)32(38-34(41)27-10-7-6-8-11-27)21-26-15-18-30(19-16-26)39(4)5/h6-22,25H,1-5H3,(H,36,40)(H,37,42)(H,38,41)/b32-21+. The third kappa shape index (κ3) is 8.83. The molecule has 3 N–H and O–H groups in total. The highest BCUT2D eigenvalue weighted by Crippen LogP contribution is 2.27. The molecular formula is C35H36N4O3S. The van der Waals surface area contributed by atoms with Gasteiger partial charge in [-0.25, -0.2) is 0 Å². The van der Waals surface area contributed by atoms with E-state index >= 15 is 0 Å². The molecule has 0 spiro atoms. The summed E-state index contributed by atoms with van der Waals surface area (Å²) in [6, 6.07) is 29.5. The summed E-state index contributed by atoms with van der Waals surface area (Å²) < 4.78 is 0. The molecule has 3 amide bonds. The molecule has 0 aromatic heterocycles. The molecule has 0 bridgehead atoms. The molecule has 0 saturated heterocycles. The van der Waals surface area contributed by atoms with Gasteiger partial charge in [0, 0.05) is 41.6 Å².